The second-order valence-corrected chi connectivity index (χ2v) is 4.48. The minimum absolute atomic E-state index is 0.0982. The van der Waals surface area contributed by atoms with E-state index in [4.69, 9.17) is 10.2 Å². The first-order chi connectivity index (χ1) is 8.97. The standard InChI is InChI=1S/C13H20O6/c14-7-10(16)12(18)13(19)11(17)9(15)6-8-4-2-1-3-5-8/h1-5,9-19H,6-7H2/t9?,10-,11+,12+,13+/m0/s1. The van der Waals surface area contributed by atoms with Gasteiger partial charge in [0.05, 0.1) is 12.7 Å². The van der Waals surface area contributed by atoms with E-state index in [1.165, 1.54) is 0 Å². The van der Waals surface area contributed by atoms with Crippen LogP contribution in [0.5, 0.6) is 0 Å². The highest BCUT2D eigenvalue weighted by Crippen LogP contribution is 2.12. The normalized spacial score (nSPS) is 19.5. The molecule has 6 nitrogen and oxygen atoms in total. The van der Waals surface area contributed by atoms with Gasteiger partial charge >= 0.3 is 0 Å². The number of benzene rings is 1. The maximum absolute atomic E-state index is 9.78. The maximum Gasteiger partial charge on any atom is 0.111 e. The molecule has 0 saturated heterocycles. The van der Waals surface area contributed by atoms with Gasteiger partial charge in [0.15, 0.2) is 0 Å². The van der Waals surface area contributed by atoms with Gasteiger partial charge in [-0.25, -0.2) is 0 Å². The van der Waals surface area contributed by atoms with Crippen molar-refractivity contribution in [3.63, 3.8) is 0 Å². The Kier molecular flexibility index (Phi) is 6.36. The molecule has 0 spiro atoms. The molecule has 1 aromatic carbocycles. The van der Waals surface area contributed by atoms with Crippen LogP contribution in [0.25, 0.3) is 0 Å². The van der Waals surface area contributed by atoms with Crippen molar-refractivity contribution in [3.05, 3.63) is 35.9 Å². The van der Waals surface area contributed by atoms with Gasteiger partial charge in [0, 0.05) is 6.42 Å². The highest BCUT2D eigenvalue weighted by atomic mass is 16.4. The summed E-state index contributed by atoms with van der Waals surface area (Å²) in [5.41, 5.74) is 0.762. The van der Waals surface area contributed by atoms with E-state index in [9.17, 15) is 20.4 Å². The number of rotatable bonds is 7. The van der Waals surface area contributed by atoms with Gasteiger partial charge in [-0.2, -0.15) is 0 Å². The number of hydrogen-bond acceptors (Lipinski definition) is 6. The van der Waals surface area contributed by atoms with Crippen LogP contribution in [0.15, 0.2) is 30.3 Å². The summed E-state index contributed by atoms with van der Waals surface area (Å²) in [6.45, 7) is -0.750. The lowest BCUT2D eigenvalue weighted by molar-refractivity contribution is -0.139. The third-order valence-electron chi connectivity index (χ3n) is 2.96. The van der Waals surface area contributed by atoms with Crippen LogP contribution in [0, 0.1) is 0 Å². The molecule has 0 radical (unpaired) electrons. The molecule has 0 bridgehead atoms. The Labute approximate surface area is 111 Å². The lowest BCUT2D eigenvalue weighted by Crippen LogP contribution is -2.50. The fourth-order valence-corrected chi connectivity index (χ4v) is 1.74. The monoisotopic (exact) mass is 272 g/mol. The molecule has 0 aromatic heterocycles. The molecule has 0 saturated carbocycles. The van der Waals surface area contributed by atoms with Gasteiger partial charge in [0.1, 0.15) is 24.4 Å². The van der Waals surface area contributed by atoms with Gasteiger partial charge in [0.2, 0.25) is 0 Å². The Morgan fingerprint density at radius 1 is 0.737 bits per heavy atom. The highest BCUT2D eigenvalue weighted by Gasteiger charge is 2.33. The molecule has 19 heavy (non-hydrogen) atoms. The van der Waals surface area contributed by atoms with Crippen molar-refractivity contribution < 1.29 is 30.6 Å². The predicted octanol–water partition coefficient (Wildman–Crippen LogP) is -1.97. The number of aliphatic hydroxyl groups excluding tert-OH is 6. The van der Waals surface area contributed by atoms with Gasteiger partial charge in [-0.3, -0.25) is 0 Å². The summed E-state index contributed by atoms with van der Waals surface area (Å²) in [6.07, 6.45) is -7.88. The summed E-state index contributed by atoms with van der Waals surface area (Å²) < 4.78 is 0. The lowest BCUT2D eigenvalue weighted by atomic mass is 9.95. The van der Waals surface area contributed by atoms with Crippen molar-refractivity contribution in [1.82, 2.24) is 0 Å². The topological polar surface area (TPSA) is 121 Å². The van der Waals surface area contributed by atoms with E-state index >= 15 is 0 Å². The van der Waals surface area contributed by atoms with Gasteiger partial charge in [-0.15, -0.1) is 0 Å². The van der Waals surface area contributed by atoms with E-state index in [1.54, 1.807) is 24.3 Å². The molecule has 0 aliphatic rings. The molecule has 6 heteroatoms. The van der Waals surface area contributed by atoms with E-state index in [-0.39, 0.29) is 6.42 Å². The summed E-state index contributed by atoms with van der Waals surface area (Å²) in [5, 5.41) is 56.3. The summed E-state index contributed by atoms with van der Waals surface area (Å²) in [4.78, 5) is 0. The van der Waals surface area contributed by atoms with Crippen molar-refractivity contribution >= 4 is 0 Å². The first-order valence-corrected chi connectivity index (χ1v) is 6.02. The predicted molar refractivity (Wildman–Crippen MR) is 67.3 cm³/mol. The molecule has 1 rings (SSSR count). The van der Waals surface area contributed by atoms with Gasteiger partial charge in [-0.05, 0) is 5.56 Å². The Morgan fingerprint density at radius 2 is 1.26 bits per heavy atom. The molecule has 0 fully saturated rings. The average Bonchev–Trinajstić information content (AvgIpc) is 2.44. The molecule has 0 amide bonds. The van der Waals surface area contributed by atoms with Crippen molar-refractivity contribution in [3.8, 4) is 0 Å². The lowest BCUT2D eigenvalue weighted by Gasteiger charge is -2.28. The van der Waals surface area contributed by atoms with Crippen molar-refractivity contribution in [2.75, 3.05) is 6.61 Å². The van der Waals surface area contributed by atoms with Crippen LogP contribution in [-0.4, -0.2) is 67.8 Å². The van der Waals surface area contributed by atoms with Crippen LogP contribution in [0.1, 0.15) is 5.56 Å². The molecule has 108 valence electrons. The third-order valence-corrected chi connectivity index (χ3v) is 2.96. The molecule has 6 N–H and O–H groups in total. The molecule has 1 aromatic rings. The van der Waals surface area contributed by atoms with Crippen LogP contribution in [0.3, 0.4) is 0 Å². The Bertz CT molecular complexity index is 357. The Hall–Kier alpha value is -1.02. The maximum atomic E-state index is 9.78. The molecular weight excluding hydrogens is 252 g/mol. The first-order valence-electron chi connectivity index (χ1n) is 6.02. The quantitative estimate of drug-likeness (QED) is 0.342. The smallest absolute Gasteiger partial charge is 0.111 e. The number of aliphatic hydroxyl groups is 6. The minimum Gasteiger partial charge on any atom is -0.394 e. The number of hydrogen-bond donors (Lipinski definition) is 6. The zero-order chi connectivity index (χ0) is 14.4. The molecular formula is C13H20O6. The molecule has 5 atom stereocenters. The largest absolute Gasteiger partial charge is 0.394 e. The van der Waals surface area contributed by atoms with Crippen molar-refractivity contribution in [2.45, 2.75) is 36.9 Å². The van der Waals surface area contributed by atoms with E-state index in [0.717, 1.165) is 5.56 Å². The second-order valence-electron chi connectivity index (χ2n) is 4.48. The molecule has 0 aliphatic carbocycles. The van der Waals surface area contributed by atoms with Gasteiger partial charge < -0.3 is 30.6 Å². The van der Waals surface area contributed by atoms with Gasteiger partial charge in [-0.1, -0.05) is 30.3 Å². The first kappa shape index (κ1) is 16.0. The summed E-state index contributed by atoms with van der Waals surface area (Å²) >= 11 is 0. The van der Waals surface area contributed by atoms with E-state index < -0.39 is 37.1 Å². The summed E-state index contributed by atoms with van der Waals surface area (Å²) in [5.74, 6) is 0. The zero-order valence-corrected chi connectivity index (χ0v) is 10.4. The van der Waals surface area contributed by atoms with Crippen LogP contribution in [-0.2, 0) is 6.42 Å². The van der Waals surface area contributed by atoms with Crippen LogP contribution in [0.4, 0.5) is 0 Å². The highest BCUT2D eigenvalue weighted by molar-refractivity contribution is 5.15. The Balaban J connectivity index is 2.58. The van der Waals surface area contributed by atoms with E-state index in [0.29, 0.717) is 0 Å². The van der Waals surface area contributed by atoms with Crippen LogP contribution >= 0.6 is 0 Å². The fourth-order valence-electron chi connectivity index (χ4n) is 1.74. The third kappa shape index (κ3) is 4.54. The zero-order valence-electron chi connectivity index (χ0n) is 10.4. The van der Waals surface area contributed by atoms with E-state index in [2.05, 4.69) is 0 Å². The molecule has 0 aliphatic heterocycles. The molecule has 1 unspecified atom stereocenters. The summed E-state index contributed by atoms with van der Waals surface area (Å²) in [7, 11) is 0. The van der Waals surface area contributed by atoms with Crippen LogP contribution in [0.2, 0.25) is 0 Å². The van der Waals surface area contributed by atoms with Crippen molar-refractivity contribution in [2.24, 2.45) is 0 Å². The average molecular weight is 272 g/mol. The van der Waals surface area contributed by atoms with Crippen molar-refractivity contribution in [1.29, 1.82) is 0 Å². The fraction of sp³-hybridized carbons (Fsp3) is 0.538. The SMILES string of the molecule is OC[C@H](O)[C@@H](O)[C@H](O)[C@H](O)C(O)Cc1ccccc1. The van der Waals surface area contributed by atoms with Crippen LogP contribution < -0.4 is 0 Å². The summed E-state index contributed by atoms with van der Waals surface area (Å²) in [6, 6.07) is 8.86. The molecule has 0 heterocycles. The Morgan fingerprint density at radius 3 is 1.79 bits per heavy atom. The minimum atomic E-state index is -1.75. The van der Waals surface area contributed by atoms with E-state index in [1.807, 2.05) is 6.07 Å². The van der Waals surface area contributed by atoms with Gasteiger partial charge in [0.25, 0.3) is 0 Å². The second kappa shape index (κ2) is 7.54.